The Morgan fingerprint density at radius 1 is 1.39 bits per heavy atom. The van der Waals surface area contributed by atoms with Crippen LogP contribution < -0.4 is 10.6 Å². The van der Waals surface area contributed by atoms with Gasteiger partial charge in [0.05, 0.1) is 34.9 Å². The van der Waals surface area contributed by atoms with Crippen molar-refractivity contribution in [3.05, 3.63) is 36.3 Å². The van der Waals surface area contributed by atoms with Gasteiger partial charge in [0.1, 0.15) is 11.5 Å². The summed E-state index contributed by atoms with van der Waals surface area (Å²) in [6.07, 6.45) is 8.47. The van der Waals surface area contributed by atoms with Crippen molar-refractivity contribution in [3.63, 3.8) is 0 Å². The van der Waals surface area contributed by atoms with E-state index in [2.05, 4.69) is 37.3 Å². The Morgan fingerprint density at radius 3 is 3.10 bits per heavy atom. The van der Waals surface area contributed by atoms with E-state index in [1.54, 1.807) is 17.3 Å². The van der Waals surface area contributed by atoms with Crippen molar-refractivity contribution >= 4 is 46.0 Å². The van der Waals surface area contributed by atoms with Crippen LogP contribution in [0.25, 0.3) is 11.0 Å². The molecule has 162 valence electrons. The van der Waals surface area contributed by atoms with Gasteiger partial charge in [-0.15, -0.1) is 0 Å². The standard InChI is InChI=1S/C20H23ClN8O2/c1-2-16(30)28-5-3-12(9-28)24-19-17-15(21)8-22-18(17)26-20(27-19)25-13-7-23-29(10-13)14-4-6-31-11-14/h2,7-8,10,12,14H,1,3-6,9,11H2,(H3,22,24,25,26,27)/t12-,14?/m1/s1. The first kappa shape index (κ1) is 19.8. The summed E-state index contributed by atoms with van der Waals surface area (Å²) in [6, 6.07) is 0.313. The molecule has 0 saturated carbocycles. The van der Waals surface area contributed by atoms with Gasteiger partial charge in [0, 0.05) is 38.1 Å². The van der Waals surface area contributed by atoms with E-state index >= 15 is 0 Å². The maximum absolute atomic E-state index is 11.9. The van der Waals surface area contributed by atoms with E-state index in [0.717, 1.165) is 30.5 Å². The summed E-state index contributed by atoms with van der Waals surface area (Å²) in [5.74, 6) is 0.977. The molecule has 2 fully saturated rings. The molecular formula is C20H23ClN8O2. The number of anilines is 3. The number of halogens is 1. The van der Waals surface area contributed by atoms with Crippen molar-refractivity contribution in [2.75, 3.05) is 36.9 Å². The molecule has 1 amide bonds. The molecule has 1 unspecified atom stereocenters. The van der Waals surface area contributed by atoms with Crippen LogP contribution in [0.4, 0.5) is 17.5 Å². The molecule has 3 aromatic heterocycles. The number of hydrogen-bond acceptors (Lipinski definition) is 7. The lowest BCUT2D eigenvalue weighted by Gasteiger charge is -2.17. The van der Waals surface area contributed by atoms with Gasteiger partial charge in [-0.05, 0) is 18.9 Å². The summed E-state index contributed by atoms with van der Waals surface area (Å²) in [4.78, 5) is 26.0. The van der Waals surface area contributed by atoms with E-state index < -0.39 is 0 Å². The third-order valence-corrected chi connectivity index (χ3v) is 5.93. The first-order chi connectivity index (χ1) is 15.1. The normalized spacial score (nSPS) is 21.0. The summed E-state index contributed by atoms with van der Waals surface area (Å²) in [7, 11) is 0. The third kappa shape index (κ3) is 3.96. The molecule has 11 heteroatoms. The molecule has 2 saturated heterocycles. The fourth-order valence-electron chi connectivity index (χ4n) is 4.02. The maximum atomic E-state index is 11.9. The average molecular weight is 443 g/mol. The number of nitrogens with zero attached hydrogens (tertiary/aromatic N) is 5. The van der Waals surface area contributed by atoms with Gasteiger partial charge in [0.25, 0.3) is 0 Å². The maximum Gasteiger partial charge on any atom is 0.246 e. The Hall–Kier alpha value is -3.11. The highest BCUT2D eigenvalue weighted by Gasteiger charge is 2.26. The monoisotopic (exact) mass is 442 g/mol. The molecule has 0 bridgehead atoms. The number of fused-ring (bicyclic) bond motifs is 1. The first-order valence-corrected chi connectivity index (χ1v) is 10.6. The number of H-pyrrole nitrogens is 1. The molecule has 0 aromatic carbocycles. The Morgan fingerprint density at radius 2 is 2.29 bits per heavy atom. The van der Waals surface area contributed by atoms with Crippen LogP contribution in [0.3, 0.4) is 0 Å². The number of rotatable bonds is 6. The van der Waals surface area contributed by atoms with Crippen LogP contribution in [0.2, 0.25) is 5.02 Å². The van der Waals surface area contributed by atoms with E-state index in [9.17, 15) is 4.79 Å². The topological polar surface area (TPSA) is 113 Å². The summed E-state index contributed by atoms with van der Waals surface area (Å²) in [6.45, 7) is 6.25. The Labute approximate surface area is 183 Å². The molecule has 5 rings (SSSR count). The number of carbonyl (C=O) groups excluding carboxylic acids is 1. The van der Waals surface area contributed by atoms with Crippen LogP contribution in [0.5, 0.6) is 0 Å². The number of carbonyl (C=O) groups is 1. The summed E-state index contributed by atoms with van der Waals surface area (Å²) >= 11 is 6.38. The largest absolute Gasteiger partial charge is 0.379 e. The second-order valence-corrected chi connectivity index (χ2v) is 8.13. The zero-order valence-electron chi connectivity index (χ0n) is 16.8. The molecule has 10 nitrogen and oxygen atoms in total. The van der Waals surface area contributed by atoms with Crippen molar-refractivity contribution in [2.24, 2.45) is 0 Å². The Balaban J connectivity index is 1.38. The van der Waals surface area contributed by atoms with Crippen molar-refractivity contribution in [1.29, 1.82) is 0 Å². The highest BCUT2D eigenvalue weighted by Crippen LogP contribution is 2.31. The number of aromatic amines is 1. The molecule has 2 aliphatic heterocycles. The van der Waals surface area contributed by atoms with Crippen molar-refractivity contribution in [2.45, 2.75) is 24.9 Å². The first-order valence-electron chi connectivity index (χ1n) is 10.2. The molecule has 0 spiro atoms. The van der Waals surface area contributed by atoms with Crippen LogP contribution in [0.1, 0.15) is 18.9 Å². The van der Waals surface area contributed by atoms with Crippen LogP contribution in [0.15, 0.2) is 31.2 Å². The van der Waals surface area contributed by atoms with Crippen molar-refractivity contribution < 1.29 is 9.53 Å². The summed E-state index contributed by atoms with van der Waals surface area (Å²) in [5.41, 5.74) is 1.41. The zero-order valence-corrected chi connectivity index (χ0v) is 17.6. The van der Waals surface area contributed by atoms with Gasteiger partial charge in [0.2, 0.25) is 11.9 Å². The van der Waals surface area contributed by atoms with Gasteiger partial charge < -0.3 is 25.3 Å². The summed E-state index contributed by atoms with van der Waals surface area (Å²) in [5, 5.41) is 12.3. The van der Waals surface area contributed by atoms with Gasteiger partial charge >= 0.3 is 0 Å². The fourth-order valence-corrected chi connectivity index (χ4v) is 4.25. The van der Waals surface area contributed by atoms with E-state index in [1.165, 1.54) is 6.08 Å². The minimum Gasteiger partial charge on any atom is -0.379 e. The number of amides is 1. The predicted molar refractivity (Wildman–Crippen MR) is 118 cm³/mol. The lowest BCUT2D eigenvalue weighted by molar-refractivity contribution is -0.125. The summed E-state index contributed by atoms with van der Waals surface area (Å²) < 4.78 is 7.34. The molecule has 2 aliphatic rings. The van der Waals surface area contributed by atoms with E-state index in [1.807, 2.05) is 10.9 Å². The minimum absolute atomic E-state index is 0.0610. The highest BCUT2D eigenvalue weighted by molar-refractivity contribution is 6.36. The number of ether oxygens (including phenoxy) is 1. The Bertz CT molecular complexity index is 1120. The molecule has 2 atom stereocenters. The second kappa shape index (κ2) is 8.20. The van der Waals surface area contributed by atoms with Crippen molar-refractivity contribution in [3.8, 4) is 0 Å². The number of aromatic nitrogens is 5. The van der Waals surface area contributed by atoms with E-state index in [-0.39, 0.29) is 18.0 Å². The molecular weight excluding hydrogens is 420 g/mol. The lowest BCUT2D eigenvalue weighted by Crippen LogP contribution is -2.30. The zero-order chi connectivity index (χ0) is 21.4. The second-order valence-electron chi connectivity index (χ2n) is 7.73. The number of likely N-dealkylation sites (tertiary alicyclic amines) is 1. The number of hydrogen-bond donors (Lipinski definition) is 3. The quantitative estimate of drug-likeness (QED) is 0.503. The Kier molecular flexibility index (Phi) is 5.24. The van der Waals surface area contributed by atoms with E-state index in [0.29, 0.717) is 42.1 Å². The molecule has 31 heavy (non-hydrogen) atoms. The molecule has 0 aliphatic carbocycles. The van der Waals surface area contributed by atoms with Gasteiger partial charge in [-0.2, -0.15) is 15.1 Å². The molecule has 3 N–H and O–H groups in total. The smallest absolute Gasteiger partial charge is 0.246 e. The number of nitrogens with one attached hydrogen (secondary N) is 3. The minimum atomic E-state index is -0.0659. The lowest BCUT2D eigenvalue weighted by atomic mass is 10.2. The third-order valence-electron chi connectivity index (χ3n) is 5.64. The van der Waals surface area contributed by atoms with Gasteiger partial charge in [0.15, 0.2) is 0 Å². The molecule has 0 radical (unpaired) electrons. The SMILES string of the molecule is C=CC(=O)N1CC[C@@H](Nc2nc(Nc3cnn(C4CCOC4)c3)nc3[nH]cc(Cl)c23)C1. The van der Waals surface area contributed by atoms with Gasteiger partial charge in [-0.1, -0.05) is 18.2 Å². The van der Waals surface area contributed by atoms with Gasteiger partial charge in [-0.25, -0.2) is 0 Å². The fraction of sp³-hybridized carbons (Fsp3) is 0.400. The van der Waals surface area contributed by atoms with Crippen LogP contribution >= 0.6 is 11.6 Å². The highest BCUT2D eigenvalue weighted by atomic mass is 35.5. The average Bonchev–Trinajstić information content (AvgIpc) is 3.55. The predicted octanol–water partition coefficient (Wildman–Crippen LogP) is 2.71. The van der Waals surface area contributed by atoms with Crippen molar-refractivity contribution in [1.82, 2.24) is 29.6 Å². The molecule has 5 heterocycles. The van der Waals surface area contributed by atoms with Gasteiger partial charge in [-0.3, -0.25) is 9.48 Å². The molecule has 3 aromatic rings. The van der Waals surface area contributed by atoms with Crippen LogP contribution in [0, 0.1) is 0 Å². The van der Waals surface area contributed by atoms with Crippen LogP contribution in [-0.4, -0.2) is 67.9 Å². The van der Waals surface area contributed by atoms with Crippen LogP contribution in [-0.2, 0) is 9.53 Å². The van der Waals surface area contributed by atoms with E-state index in [4.69, 9.17) is 16.3 Å².